The number of nitrogens with zero attached hydrogens (tertiary/aromatic N) is 1. The maximum absolute atomic E-state index is 6.16. The number of rotatable bonds is 6. The third-order valence-electron chi connectivity index (χ3n) is 2.79. The molecular formula is C13H20Cl2N2. The van der Waals surface area contributed by atoms with Crippen molar-refractivity contribution >= 4 is 23.2 Å². The van der Waals surface area contributed by atoms with Gasteiger partial charge in [0.1, 0.15) is 0 Å². The summed E-state index contributed by atoms with van der Waals surface area (Å²) >= 11 is 12.0. The Morgan fingerprint density at radius 1 is 1.29 bits per heavy atom. The molecule has 0 spiro atoms. The Bertz CT molecular complexity index is 353. The van der Waals surface area contributed by atoms with E-state index in [0.717, 1.165) is 18.0 Å². The molecule has 17 heavy (non-hydrogen) atoms. The highest BCUT2D eigenvalue weighted by molar-refractivity contribution is 6.34. The van der Waals surface area contributed by atoms with Crippen molar-refractivity contribution in [2.45, 2.75) is 39.2 Å². The summed E-state index contributed by atoms with van der Waals surface area (Å²) in [5.74, 6) is 0.737. The van der Waals surface area contributed by atoms with Crippen LogP contribution in [-0.4, -0.2) is 12.0 Å². The molecule has 0 saturated carbocycles. The van der Waals surface area contributed by atoms with E-state index in [4.69, 9.17) is 23.2 Å². The monoisotopic (exact) mass is 274 g/mol. The smallest absolute Gasteiger partial charge is 0.0760 e. The van der Waals surface area contributed by atoms with Crippen LogP contribution in [0.25, 0.3) is 0 Å². The minimum atomic E-state index is 0.207. The number of hydrogen-bond donors (Lipinski definition) is 1. The largest absolute Gasteiger partial charge is 0.312 e. The van der Waals surface area contributed by atoms with Crippen LogP contribution in [0.3, 0.4) is 0 Å². The Kier molecular flexibility index (Phi) is 6.24. The molecule has 1 rings (SSSR count). The van der Waals surface area contributed by atoms with Crippen LogP contribution in [0.15, 0.2) is 12.3 Å². The van der Waals surface area contributed by atoms with Crippen molar-refractivity contribution in [3.63, 3.8) is 0 Å². The molecule has 1 aromatic heterocycles. The van der Waals surface area contributed by atoms with Crippen molar-refractivity contribution in [1.29, 1.82) is 0 Å². The van der Waals surface area contributed by atoms with Crippen molar-refractivity contribution in [2.75, 3.05) is 7.05 Å². The second-order valence-corrected chi connectivity index (χ2v) is 5.53. The molecule has 96 valence electrons. The lowest BCUT2D eigenvalue weighted by Gasteiger charge is -2.17. The van der Waals surface area contributed by atoms with Crippen molar-refractivity contribution in [2.24, 2.45) is 5.92 Å². The van der Waals surface area contributed by atoms with Crippen LogP contribution < -0.4 is 5.32 Å². The van der Waals surface area contributed by atoms with Gasteiger partial charge in [0.05, 0.1) is 21.8 Å². The van der Waals surface area contributed by atoms with Gasteiger partial charge in [0.15, 0.2) is 0 Å². The summed E-state index contributed by atoms with van der Waals surface area (Å²) in [5.41, 5.74) is 0.891. The van der Waals surface area contributed by atoms with Crippen molar-refractivity contribution in [3.8, 4) is 0 Å². The fraction of sp³-hybridized carbons (Fsp3) is 0.615. The van der Waals surface area contributed by atoms with Gasteiger partial charge >= 0.3 is 0 Å². The lowest BCUT2D eigenvalue weighted by atomic mass is 10.0. The van der Waals surface area contributed by atoms with Gasteiger partial charge in [-0.1, -0.05) is 49.9 Å². The van der Waals surface area contributed by atoms with Gasteiger partial charge in [0.2, 0.25) is 0 Å². The van der Waals surface area contributed by atoms with Crippen LogP contribution in [-0.2, 0) is 0 Å². The third-order valence-corrected chi connectivity index (χ3v) is 3.30. The predicted molar refractivity (Wildman–Crippen MR) is 74.7 cm³/mol. The van der Waals surface area contributed by atoms with E-state index in [1.54, 1.807) is 12.3 Å². The molecule has 0 aromatic carbocycles. The van der Waals surface area contributed by atoms with Crippen molar-refractivity contribution < 1.29 is 0 Å². The Morgan fingerprint density at radius 2 is 2.00 bits per heavy atom. The maximum atomic E-state index is 6.16. The normalized spacial score (nSPS) is 13.1. The highest BCUT2D eigenvalue weighted by atomic mass is 35.5. The van der Waals surface area contributed by atoms with Crippen LogP contribution in [0.2, 0.25) is 10.0 Å². The number of hydrogen-bond acceptors (Lipinski definition) is 2. The van der Waals surface area contributed by atoms with E-state index in [2.05, 4.69) is 24.1 Å². The molecule has 0 aliphatic rings. The van der Waals surface area contributed by atoms with E-state index >= 15 is 0 Å². The first-order valence-electron chi connectivity index (χ1n) is 6.02. The summed E-state index contributed by atoms with van der Waals surface area (Å²) in [5, 5.41) is 4.48. The minimum Gasteiger partial charge on any atom is -0.312 e. The van der Waals surface area contributed by atoms with E-state index in [0.29, 0.717) is 10.0 Å². The summed E-state index contributed by atoms with van der Waals surface area (Å²) in [4.78, 5) is 4.32. The van der Waals surface area contributed by atoms with Gasteiger partial charge in [-0.25, -0.2) is 0 Å². The summed E-state index contributed by atoms with van der Waals surface area (Å²) in [6.45, 7) is 4.48. The van der Waals surface area contributed by atoms with Gasteiger partial charge in [-0.05, 0) is 25.5 Å². The zero-order valence-corrected chi connectivity index (χ0v) is 12.1. The summed E-state index contributed by atoms with van der Waals surface area (Å²) in [7, 11) is 1.94. The van der Waals surface area contributed by atoms with Gasteiger partial charge in [0, 0.05) is 6.20 Å². The number of halogens is 2. The highest BCUT2D eigenvalue weighted by Gasteiger charge is 2.14. The minimum absolute atomic E-state index is 0.207. The molecule has 0 aliphatic carbocycles. The summed E-state index contributed by atoms with van der Waals surface area (Å²) < 4.78 is 0. The van der Waals surface area contributed by atoms with Gasteiger partial charge in [-0.2, -0.15) is 0 Å². The zero-order chi connectivity index (χ0) is 12.8. The quantitative estimate of drug-likeness (QED) is 0.828. The molecule has 0 saturated heterocycles. The van der Waals surface area contributed by atoms with Crippen LogP contribution in [0, 0.1) is 5.92 Å². The molecule has 0 amide bonds. The van der Waals surface area contributed by atoms with Crippen LogP contribution in [0.1, 0.15) is 44.8 Å². The average molecular weight is 275 g/mol. The van der Waals surface area contributed by atoms with Crippen LogP contribution in [0.5, 0.6) is 0 Å². The fourth-order valence-corrected chi connectivity index (χ4v) is 2.34. The van der Waals surface area contributed by atoms with E-state index in [9.17, 15) is 0 Å². The Morgan fingerprint density at radius 3 is 2.53 bits per heavy atom. The zero-order valence-electron chi connectivity index (χ0n) is 10.6. The van der Waals surface area contributed by atoms with Crippen molar-refractivity contribution in [1.82, 2.24) is 10.3 Å². The summed E-state index contributed by atoms with van der Waals surface area (Å²) in [6, 6.07) is 1.96. The van der Waals surface area contributed by atoms with E-state index in [1.165, 1.54) is 12.8 Å². The first kappa shape index (κ1) is 14.7. The Hall–Kier alpha value is -0.310. The first-order chi connectivity index (χ1) is 8.04. The molecule has 1 N–H and O–H groups in total. The lowest BCUT2D eigenvalue weighted by Crippen LogP contribution is -2.18. The van der Waals surface area contributed by atoms with Gasteiger partial charge in [-0.3, -0.25) is 4.98 Å². The number of nitrogens with one attached hydrogen (secondary N) is 1. The lowest BCUT2D eigenvalue weighted by molar-refractivity contribution is 0.464. The topological polar surface area (TPSA) is 24.9 Å². The SMILES string of the molecule is CNC(CCCC(C)C)c1ncc(Cl)cc1Cl. The summed E-state index contributed by atoms with van der Waals surface area (Å²) in [6.07, 6.45) is 5.09. The molecule has 0 aliphatic heterocycles. The van der Waals surface area contributed by atoms with Crippen molar-refractivity contribution in [3.05, 3.63) is 28.0 Å². The molecule has 1 atom stereocenters. The molecular weight excluding hydrogens is 255 g/mol. The third kappa shape index (κ3) is 4.82. The number of aromatic nitrogens is 1. The van der Waals surface area contributed by atoms with E-state index < -0.39 is 0 Å². The van der Waals surface area contributed by atoms with Crippen LogP contribution >= 0.6 is 23.2 Å². The Balaban J connectivity index is 2.66. The average Bonchev–Trinajstić information content (AvgIpc) is 2.25. The standard InChI is InChI=1S/C13H20Cl2N2/c1-9(2)5-4-6-12(16-3)13-11(15)7-10(14)8-17-13/h7-9,12,16H,4-6H2,1-3H3. The predicted octanol–water partition coefficient (Wildman–Crippen LogP) is 4.48. The molecule has 1 aromatic rings. The molecule has 4 heteroatoms. The first-order valence-corrected chi connectivity index (χ1v) is 6.78. The van der Waals surface area contributed by atoms with Gasteiger partial charge in [0.25, 0.3) is 0 Å². The molecule has 2 nitrogen and oxygen atoms in total. The van der Waals surface area contributed by atoms with E-state index in [-0.39, 0.29) is 6.04 Å². The fourth-order valence-electron chi connectivity index (χ4n) is 1.83. The molecule has 0 bridgehead atoms. The van der Waals surface area contributed by atoms with E-state index in [1.807, 2.05) is 7.05 Å². The van der Waals surface area contributed by atoms with Gasteiger partial charge < -0.3 is 5.32 Å². The van der Waals surface area contributed by atoms with Crippen LogP contribution in [0.4, 0.5) is 0 Å². The molecule has 0 radical (unpaired) electrons. The maximum Gasteiger partial charge on any atom is 0.0760 e. The molecule has 1 unspecified atom stereocenters. The second-order valence-electron chi connectivity index (χ2n) is 4.69. The highest BCUT2D eigenvalue weighted by Crippen LogP contribution is 2.27. The number of pyridine rings is 1. The molecule has 1 heterocycles. The second kappa shape index (κ2) is 7.20. The van der Waals surface area contributed by atoms with Gasteiger partial charge in [-0.15, -0.1) is 0 Å². The Labute approximate surface area is 114 Å². The molecule has 0 fully saturated rings.